The molecule has 0 amide bonds. The topological polar surface area (TPSA) is 57.2 Å². The molecule has 1 saturated heterocycles. The number of hydrogen-bond donors (Lipinski definition) is 1. The molecule has 176 valence electrons. The summed E-state index contributed by atoms with van der Waals surface area (Å²) in [5.41, 5.74) is -0.351. The zero-order valence-electron chi connectivity index (χ0n) is 18.1. The predicted molar refractivity (Wildman–Crippen MR) is 120 cm³/mol. The Hall–Kier alpha value is -2.72. The summed E-state index contributed by atoms with van der Waals surface area (Å²) >= 11 is 6.44. The standard InChI is InChI=1S/C22H23ClF4N6/c1-13(2)32-6-8-33(9-7-32)17-10-15-20(29-12-30-21(15)31-19(17)23)28-11-14-4-3-5-16(18(14)24)22(25,26)27/h3-5,10,12-13H,6-9,11H2,1-2H3,(H,28,29,30,31). The van der Waals surface area contributed by atoms with Gasteiger partial charge in [0.2, 0.25) is 0 Å². The molecule has 1 N–H and O–H groups in total. The highest BCUT2D eigenvalue weighted by Gasteiger charge is 2.34. The number of hydrogen-bond acceptors (Lipinski definition) is 6. The average Bonchev–Trinajstić information content (AvgIpc) is 2.77. The molecule has 0 radical (unpaired) electrons. The van der Waals surface area contributed by atoms with Gasteiger partial charge in [-0.15, -0.1) is 0 Å². The maximum Gasteiger partial charge on any atom is 0.419 e. The molecule has 0 aliphatic carbocycles. The van der Waals surface area contributed by atoms with E-state index in [2.05, 4.69) is 43.9 Å². The number of piperazine rings is 1. The lowest BCUT2D eigenvalue weighted by atomic mass is 10.1. The average molecular weight is 483 g/mol. The number of aromatic nitrogens is 3. The molecular weight excluding hydrogens is 460 g/mol. The molecule has 6 nitrogen and oxygen atoms in total. The van der Waals surface area contributed by atoms with Crippen LogP contribution < -0.4 is 10.2 Å². The van der Waals surface area contributed by atoms with Gasteiger partial charge in [0.15, 0.2) is 10.8 Å². The molecule has 0 spiro atoms. The predicted octanol–water partition coefficient (Wildman–Crippen LogP) is 4.98. The van der Waals surface area contributed by atoms with E-state index in [1.54, 1.807) is 0 Å². The summed E-state index contributed by atoms with van der Waals surface area (Å²) in [6.45, 7) is 7.45. The summed E-state index contributed by atoms with van der Waals surface area (Å²) in [5.74, 6) is -0.969. The molecule has 4 rings (SSSR count). The highest BCUT2D eigenvalue weighted by Crippen LogP contribution is 2.33. The third kappa shape index (κ3) is 4.96. The first kappa shape index (κ1) is 23.4. The van der Waals surface area contributed by atoms with E-state index in [9.17, 15) is 17.6 Å². The largest absolute Gasteiger partial charge is 0.419 e. The molecule has 1 aliphatic rings. The normalized spacial score (nSPS) is 15.5. The fourth-order valence-corrected chi connectivity index (χ4v) is 4.16. The Morgan fingerprint density at radius 3 is 2.52 bits per heavy atom. The van der Waals surface area contributed by atoms with Crippen LogP contribution in [0.2, 0.25) is 5.15 Å². The van der Waals surface area contributed by atoms with Crippen LogP contribution in [-0.2, 0) is 12.7 Å². The Balaban J connectivity index is 1.60. The first-order valence-corrected chi connectivity index (χ1v) is 10.9. The Labute approximate surface area is 193 Å². The van der Waals surface area contributed by atoms with Crippen molar-refractivity contribution in [1.82, 2.24) is 19.9 Å². The van der Waals surface area contributed by atoms with E-state index in [0.29, 0.717) is 28.0 Å². The van der Waals surface area contributed by atoms with Crippen LogP contribution in [0.15, 0.2) is 30.6 Å². The molecule has 11 heteroatoms. The van der Waals surface area contributed by atoms with E-state index >= 15 is 0 Å². The zero-order chi connectivity index (χ0) is 23.8. The Morgan fingerprint density at radius 1 is 1.12 bits per heavy atom. The van der Waals surface area contributed by atoms with Crippen LogP contribution in [0.25, 0.3) is 11.0 Å². The number of pyridine rings is 1. The van der Waals surface area contributed by atoms with Crippen LogP contribution in [0, 0.1) is 5.82 Å². The van der Waals surface area contributed by atoms with Gasteiger partial charge in [0.1, 0.15) is 18.0 Å². The van der Waals surface area contributed by atoms with E-state index in [4.69, 9.17) is 11.6 Å². The Kier molecular flexibility index (Phi) is 6.58. The number of benzene rings is 1. The third-order valence-electron chi connectivity index (χ3n) is 5.77. The third-order valence-corrected chi connectivity index (χ3v) is 6.05. The lowest BCUT2D eigenvalue weighted by Crippen LogP contribution is -2.49. The second-order valence-electron chi connectivity index (χ2n) is 8.14. The number of halogens is 5. The van der Waals surface area contributed by atoms with E-state index in [0.717, 1.165) is 37.9 Å². The summed E-state index contributed by atoms with van der Waals surface area (Å²) in [4.78, 5) is 17.2. The maximum absolute atomic E-state index is 14.4. The van der Waals surface area contributed by atoms with Gasteiger partial charge >= 0.3 is 6.18 Å². The molecule has 0 saturated carbocycles. The Bertz CT molecular complexity index is 1150. The highest BCUT2D eigenvalue weighted by molar-refractivity contribution is 6.32. The van der Waals surface area contributed by atoms with Crippen molar-refractivity contribution in [3.8, 4) is 0 Å². The minimum atomic E-state index is -4.77. The molecule has 1 aromatic carbocycles. The molecular formula is C22H23ClF4N6. The minimum absolute atomic E-state index is 0.122. The van der Waals surface area contributed by atoms with Crippen molar-refractivity contribution in [3.05, 3.63) is 52.7 Å². The van der Waals surface area contributed by atoms with Gasteiger partial charge < -0.3 is 10.2 Å². The zero-order valence-corrected chi connectivity index (χ0v) is 18.9. The van der Waals surface area contributed by atoms with Crippen LogP contribution in [0.4, 0.5) is 29.1 Å². The number of anilines is 2. The van der Waals surface area contributed by atoms with Gasteiger partial charge in [-0.25, -0.2) is 19.3 Å². The molecule has 3 aromatic rings. The highest BCUT2D eigenvalue weighted by atomic mass is 35.5. The van der Waals surface area contributed by atoms with Crippen molar-refractivity contribution < 1.29 is 17.6 Å². The van der Waals surface area contributed by atoms with Crippen LogP contribution in [0.5, 0.6) is 0 Å². The Morgan fingerprint density at radius 2 is 1.85 bits per heavy atom. The lowest BCUT2D eigenvalue weighted by molar-refractivity contribution is -0.140. The molecule has 33 heavy (non-hydrogen) atoms. The SMILES string of the molecule is CC(C)N1CCN(c2cc3c(NCc4cccc(C(F)(F)F)c4F)ncnc3nc2Cl)CC1. The summed E-state index contributed by atoms with van der Waals surface area (Å²) in [7, 11) is 0. The fourth-order valence-electron chi connectivity index (χ4n) is 3.91. The number of fused-ring (bicyclic) bond motifs is 1. The number of nitrogens with one attached hydrogen (secondary N) is 1. The second-order valence-corrected chi connectivity index (χ2v) is 8.50. The van der Waals surface area contributed by atoms with Crippen LogP contribution in [0.1, 0.15) is 25.0 Å². The van der Waals surface area contributed by atoms with Crippen molar-refractivity contribution in [2.45, 2.75) is 32.6 Å². The quantitative estimate of drug-likeness (QED) is 0.409. The summed E-state index contributed by atoms with van der Waals surface area (Å²) in [6, 6.07) is 5.47. The van der Waals surface area contributed by atoms with Crippen molar-refractivity contribution >= 4 is 34.1 Å². The van der Waals surface area contributed by atoms with Crippen LogP contribution >= 0.6 is 11.6 Å². The van der Waals surface area contributed by atoms with Gasteiger partial charge in [0.05, 0.1) is 16.6 Å². The van der Waals surface area contributed by atoms with Crippen LogP contribution in [0.3, 0.4) is 0 Å². The summed E-state index contributed by atoms with van der Waals surface area (Å²) in [6.07, 6.45) is -3.49. The molecule has 2 aromatic heterocycles. The maximum atomic E-state index is 14.4. The number of alkyl halides is 3. The van der Waals surface area contributed by atoms with Crippen LogP contribution in [-0.4, -0.2) is 52.1 Å². The molecule has 1 fully saturated rings. The first-order chi connectivity index (χ1) is 15.6. The number of nitrogens with zero attached hydrogens (tertiary/aromatic N) is 5. The van der Waals surface area contributed by atoms with E-state index in [1.165, 1.54) is 18.5 Å². The second kappa shape index (κ2) is 9.26. The lowest BCUT2D eigenvalue weighted by Gasteiger charge is -2.38. The van der Waals surface area contributed by atoms with E-state index < -0.39 is 17.6 Å². The minimum Gasteiger partial charge on any atom is -0.366 e. The summed E-state index contributed by atoms with van der Waals surface area (Å²) in [5, 5.41) is 3.79. The van der Waals surface area contributed by atoms with Crippen molar-refractivity contribution in [1.29, 1.82) is 0 Å². The number of rotatable bonds is 5. The molecule has 0 unspecified atom stereocenters. The van der Waals surface area contributed by atoms with Gasteiger partial charge in [0.25, 0.3) is 0 Å². The fraction of sp³-hybridized carbons (Fsp3) is 0.409. The van der Waals surface area contributed by atoms with Gasteiger partial charge in [-0.2, -0.15) is 13.2 Å². The van der Waals surface area contributed by atoms with Gasteiger partial charge in [0, 0.05) is 44.3 Å². The molecule has 1 aliphatic heterocycles. The molecule has 0 bridgehead atoms. The van der Waals surface area contributed by atoms with Gasteiger partial charge in [-0.05, 0) is 26.0 Å². The van der Waals surface area contributed by atoms with Crippen molar-refractivity contribution in [2.24, 2.45) is 0 Å². The molecule has 0 atom stereocenters. The van der Waals surface area contributed by atoms with Gasteiger partial charge in [-0.3, -0.25) is 4.90 Å². The van der Waals surface area contributed by atoms with Crippen molar-refractivity contribution in [2.75, 3.05) is 36.4 Å². The first-order valence-electron chi connectivity index (χ1n) is 10.5. The van der Waals surface area contributed by atoms with Gasteiger partial charge in [-0.1, -0.05) is 23.7 Å². The van der Waals surface area contributed by atoms with Crippen molar-refractivity contribution in [3.63, 3.8) is 0 Å². The smallest absolute Gasteiger partial charge is 0.366 e. The summed E-state index contributed by atoms with van der Waals surface area (Å²) < 4.78 is 53.5. The van der Waals surface area contributed by atoms with E-state index in [1.807, 2.05) is 6.07 Å². The monoisotopic (exact) mass is 482 g/mol. The van der Waals surface area contributed by atoms with E-state index in [-0.39, 0.29) is 12.1 Å². The molecule has 3 heterocycles.